The summed E-state index contributed by atoms with van der Waals surface area (Å²) in [5.74, 6) is -0.495. The molecule has 0 fully saturated rings. The molecule has 0 radical (unpaired) electrons. The van der Waals surface area contributed by atoms with Crippen molar-refractivity contribution in [1.29, 1.82) is 0 Å². The van der Waals surface area contributed by atoms with Gasteiger partial charge in [0, 0.05) is 30.2 Å². The first-order valence-corrected chi connectivity index (χ1v) is 6.90. The first-order valence-electron chi connectivity index (χ1n) is 6.10. The summed E-state index contributed by atoms with van der Waals surface area (Å²) >= 11 is 3.30. The molecule has 0 bridgehead atoms. The second-order valence-corrected chi connectivity index (χ2v) is 5.03. The minimum absolute atomic E-state index is 0. The van der Waals surface area contributed by atoms with E-state index in [1.165, 1.54) is 7.11 Å². The average Bonchev–Trinajstić information content (AvgIpc) is 2.43. The van der Waals surface area contributed by atoms with Crippen molar-refractivity contribution in [3.05, 3.63) is 34.3 Å². The van der Waals surface area contributed by atoms with Crippen molar-refractivity contribution in [2.75, 3.05) is 26.8 Å². The molecule has 118 valence electrons. The molecule has 0 heterocycles. The van der Waals surface area contributed by atoms with Crippen molar-refractivity contribution in [2.24, 2.45) is 5.73 Å². The molecule has 4 N–H and O–H groups in total. The topological polar surface area (TPSA) is 93.4 Å². The Kier molecular flexibility index (Phi) is 9.98. The number of nitrogens with two attached hydrogens (primary N) is 1. The third-order valence-electron chi connectivity index (χ3n) is 2.48. The highest BCUT2D eigenvalue weighted by atomic mass is 79.9. The molecule has 21 heavy (non-hydrogen) atoms. The fourth-order valence-corrected chi connectivity index (χ4v) is 1.88. The van der Waals surface area contributed by atoms with Crippen molar-refractivity contribution < 1.29 is 14.3 Å². The predicted molar refractivity (Wildman–Crippen MR) is 86.6 cm³/mol. The third kappa shape index (κ3) is 7.42. The monoisotopic (exact) mass is 379 g/mol. The molecule has 0 spiro atoms. The Morgan fingerprint density at radius 1 is 1.33 bits per heavy atom. The lowest BCUT2D eigenvalue weighted by atomic mass is 10.2. The van der Waals surface area contributed by atoms with Crippen LogP contribution >= 0.6 is 28.3 Å². The highest BCUT2D eigenvalue weighted by molar-refractivity contribution is 9.10. The fraction of sp³-hybridized carbons (Fsp3) is 0.385. The van der Waals surface area contributed by atoms with Gasteiger partial charge in [-0.1, -0.05) is 22.0 Å². The van der Waals surface area contributed by atoms with Gasteiger partial charge < -0.3 is 21.1 Å². The maximum Gasteiger partial charge on any atom is 0.251 e. The number of benzene rings is 1. The molecule has 0 saturated carbocycles. The molecule has 0 aromatic heterocycles. The quantitative estimate of drug-likeness (QED) is 0.607. The summed E-state index contributed by atoms with van der Waals surface area (Å²) < 4.78 is 5.62. The SMILES string of the molecule is COCC(N)C(=O)NCCNC(=O)c1cccc(Br)c1.Cl. The summed E-state index contributed by atoms with van der Waals surface area (Å²) in [6, 6.07) is 6.37. The Hall–Kier alpha value is -1.15. The Bertz CT molecular complexity index is 474. The van der Waals surface area contributed by atoms with Gasteiger partial charge in [-0.05, 0) is 18.2 Å². The van der Waals surface area contributed by atoms with E-state index < -0.39 is 6.04 Å². The third-order valence-corrected chi connectivity index (χ3v) is 2.97. The maximum absolute atomic E-state index is 11.8. The second kappa shape index (κ2) is 10.6. The van der Waals surface area contributed by atoms with Crippen LogP contribution in [0.2, 0.25) is 0 Å². The van der Waals surface area contributed by atoms with Crippen LogP contribution in [-0.4, -0.2) is 44.7 Å². The molecule has 1 unspecified atom stereocenters. The van der Waals surface area contributed by atoms with E-state index in [0.717, 1.165) is 4.47 Å². The van der Waals surface area contributed by atoms with E-state index in [1.807, 2.05) is 6.07 Å². The number of rotatable bonds is 7. The molecule has 0 aliphatic carbocycles. The molecule has 2 amide bonds. The van der Waals surface area contributed by atoms with Gasteiger partial charge in [0.2, 0.25) is 5.91 Å². The second-order valence-electron chi connectivity index (χ2n) is 4.12. The van der Waals surface area contributed by atoms with E-state index in [1.54, 1.807) is 18.2 Å². The summed E-state index contributed by atoms with van der Waals surface area (Å²) in [6.07, 6.45) is 0. The van der Waals surface area contributed by atoms with Crippen molar-refractivity contribution in [3.8, 4) is 0 Å². The van der Waals surface area contributed by atoms with Gasteiger partial charge in [-0.15, -0.1) is 12.4 Å². The Labute approximate surface area is 138 Å². The van der Waals surface area contributed by atoms with E-state index in [9.17, 15) is 9.59 Å². The van der Waals surface area contributed by atoms with Gasteiger partial charge in [-0.3, -0.25) is 9.59 Å². The molecule has 1 atom stereocenters. The number of hydrogen-bond donors (Lipinski definition) is 3. The number of nitrogens with one attached hydrogen (secondary N) is 2. The van der Waals surface area contributed by atoms with Crippen LogP contribution in [0.15, 0.2) is 28.7 Å². The summed E-state index contributed by atoms with van der Waals surface area (Å²) in [6.45, 7) is 0.809. The van der Waals surface area contributed by atoms with Gasteiger partial charge >= 0.3 is 0 Å². The minimum Gasteiger partial charge on any atom is -0.383 e. The van der Waals surface area contributed by atoms with Crippen molar-refractivity contribution in [2.45, 2.75) is 6.04 Å². The maximum atomic E-state index is 11.8. The number of carbonyl (C=O) groups is 2. The van der Waals surface area contributed by atoms with Gasteiger partial charge in [0.05, 0.1) is 6.61 Å². The molecule has 8 heteroatoms. The van der Waals surface area contributed by atoms with Gasteiger partial charge in [0.1, 0.15) is 6.04 Å². The summed E-state index contributed by atoms with van der Waals surface area (Å²) in [5, 5.41) is 5.32. The minimum atomic E-state index is -0.694. The molecule has 1 rings (SSSR count). The molecule has 0 saturated heterocycles. The van der Waals surface area contributed by atoms with Crippen LogP contribution in [0.25, 0.3) is 0 Å². The van der Waals surface area contributed by atoms with E-state index in [-0.39, 0.29) is 30.8 Å². The first-order chi connectivity index (χ1) is 9.54. The van der Waals surface area contributed by atoms with Crippen LogP contribution in [0.1, 0.15) is 10.4 Å². The van der Waals surface area contributed by atoms with Gasteiger partial charge in [-0.2, -0.15) is 0 Å². The molecular formula is C13H19BrClN3O3. The lowest BCUT2D eigenvalue weighted by molar-refractivity contribution is -0.123. The standard InChI is InChI=1S/C13H18BrN3O3.ClH/c1-20-8-11(15)13(19)17-6-5-16-12(18)9-3-2-4-10(14)7-9;/h2-4,7,11H,5-6,8,15H2,1H3,(H,16,18)(H,17,19);1H. The van der Waals surface area contributed by atoms with E-state index >= 15 is 0 Å². The van der Waals surface area contributed by atoms with Crippen LogP contribution in [-0.2, 0) is 9.53 Å². The summed E-state index contributed by atoms with van der Waals surface area (Å²) in [5.41, 5.74) is 6.11. The van der Waals surface area contributed by atoms with E-state index in [4.69, 9.17) is 10.5 Å². The smallest absolute Gasteiger partial charge is 0.251 e. The number of methoxy groups -OCH3 is 1. The first kappa shape index (κ1) is 19.9. The van der Waals surface area contributed by atoms with Crippen LogP contribution in [0, 0.1) is 0 Å². The van der Waals surface area contributed by atoms with Crippen molar-refractivity contribution in [1.82, 2.24) is 10.6 Å². The lowest BCUT2D eigenvalue weighted by Crippen LogP contribution is -2.45. The largest absolute Gasteiger partial charge is 0.383 e. The summed E-state index contributed by atoms with van der Waals surface area (Å²) in [7, 11) is 1.48. The normalized spacial score (nSPS) is 11.2. The molecular weight excluding hydrogens is 362 g/mol. The number of carbonyl (C=O) groups excluding carboxylic acids is 2. The van der Waals surface area contributed by atoms with Crippen LogP contribution in [0.5, 0.6) is 0 Å². The molecule has 1 aromatic carbocycles. The highest BCUT2D eigenvalue weighted by Crippen LogP contribution is 2.11. The van der Waals surface area contributed by atoms with Crippen LogP contribution < -0.4 is 16.4 Å². The van der Waals surface area contributed by atoms with Gasteiger partial charge in [-0.25, -0.2) is 0 Å². The van der Waals surface area contributed by atoms with E-state index in [0.29, 0.717) is 18.7 Å². The average molecular weight is 381 g/mol. The zero-order valence-corrected chi connectivity index (χ0v) is 14.0. The van der Waals surface area contributed by atoms with Crippen molar-refractivity contribution >= 4 is 40.2 Å². The molecule has 6 nitrogen and oxygen atoms in total. The number of halogens is 2. The molecule has 0 aliphatic rings. The van der Waals surface area contributed by atoms with Gasteiger partial charge in [0.25, 0.3) is 5.91 Å². The highest BCUT2D eigenvalue weighted by Gasteiger charge is 2.12. The Balaban J connectivity index is 0.00000400. The molecule has 1 aromatic rings. The van der Waals surface area contributed by atoms with Crippen LogP contribution in [0.4, 0.5) is 0 Å². The number of ether oxygens (including phenoxy) is 1. The lowest BCUT2D eigenvalue weighted by Gasteiger charge is -2.11. The zero-order valence-electron chi connectivity index (χ0n) is 11.6. The number of hydrogen-bond acceptors (Lipinski definition) is 4. The fourth-order valence-electron chi connectivity index (χ4n) is 1.48. The van der Waals surface area contributed by atoms with E-state index in [2.05, 4.69) is 26.6 Å². The van der Waals surface area contributed by atoms with Gasteiger partial charge in [0.15, 0.2) is 0 Å². The molecule has 0 aliphatic heterocycles. The Morgan fingerprint density at radius 2 is 2.00 bits per heavy atom. The predicted octanol–water partition coefficient (Wildman–Crippen LogP) is 0.691. The van der Waals surface area contributed by atoms with Crippen molar-refractivity contribution in [3.63, 3.8) is 0 Å². The Morgan fingerprint density at radius 3 is 2.62 bits per heavy atom. The number of amides is 2. The zero-order chi connectivity index (χ0) is 15.0. The summed E-state index contributed by atoms with van der Waals surface area (Å²) in [4.78, 5) is 23.2. The van der Waals surface area contributed by atoms with Crippen LogP contribution in [0.3, 0.4) is 0 Å².